The van der Waals surface area contributed by atoms with Gasteiger partial charge in [-0.2, -0.15) is 0 Å². The third kappa shape index (κ3) is 1.56. The third-order valence-electron chi connectivity index (χ3n) is 2.32. The number of benzene rings is 1. The van der Waals surface area contributed by atoms with Crippen molar-refractivity contribution in [3.05, 3.63) is 51.7 Å². The van der Waals surface area contributed by atoms with Crippen LogP contribution >= 0.6 is 0 Å². The van der Waals surface area contributed by atoms with Crippen LogP contribution in [0.1, 0.15) is 16.1 Å². The Bertz CT molecular complexity index is 581. The highest BCUT2D eigenvalue weighted by molar-refractivity contribution is 5.75. The monoisotopic (exact) mass is 220 g/mol. The van der Waals surface area contributed by atoms with Gasteiger partial charge in [-0.1, -0.05) is 0 Å². The lowest BCUT2D eigenvalue weighted by Crippen LogP contribution is -2.16. The van der Waals surface area contributed by atoms with Crippen LogP contribution in [0.3, 0.4) is 0 Å². The number of hydrogen-bond acceptors (Lipinski definition) is 2. The van der Waals surface area contributed by atoms with Crippen LogP contribution in [0.5, 0.6) is 0 Å². The van der Waals surface area contributed by atoms with Crippen molar-refractivity contribution >= 4 is 6.29 Å². The predicted octanol–water partition coefficient (Wildman–Crippen LogP) is 1.43. The molecule has 0 radical (unpaired) electrons. The largest absolute Gasteiger partial charge is 0.298 e. The number of aromatic amines is 1. The number of nitrogens with zero attached hydrogens (tertiary/aromatic N) is 1. The van der Waals surface area contributed by atoms with E-state index in [2.05, 4.69) is 5.10 Å². The zero-order chi connectivity index (χ0) is 11.7. The molecule has 0 atom stereocenters. The van der Waals surface area contributed by atoms with E-state index in [4.69, 9.17) is 0 Å². The molecule has 0 aliphatic rings. The highest BCUT2D eigenvalue weighted by Crippen LogP contribution is 2.07. The molecule has 2 aromatic rings. The van der Waals surface area contributed by atoms with Crippen molar-refractivity contribution in [3.8, 4) is 5.69 Å². The van der Waals surface area contributed by atoms with Crippen LogP contribution in [0.4, 0.5) is 4.39 Å². The fourth-order valence-electron chi connectivity index (χ4n) is 1.47. The van der Waals surface area contributed by atoms with E-state index in [1.54, 1.807) is 6.92 Å². The summed E-state index contributed by atoms with van der Waals surface area (Å²) in [5.41, 5.74) is 0.635. The molecule has 0 unspecified atom stereocenters. The van der Waals surface area contributed by atoms with Gasteiger partial charge in [0, 0.05) is 5.69 Å². The minimum absolute atomic E-state index is 0.0873. The van der Waals surface area contributed by atoms with Gasteiger partial charge in [-0.05, 0) is 31.2 Å². The Morgan fingerprint density at radius 1 is 1.31 bits per heavy atom. The van der Waals surface area contributed by atoms with E-state index < -0.39 is 5.56 Å². The van der Waals surface area contributed by atoms with Crippen LogP contribution in [0.15, 0.2) is 29.1 Å². The maximum atomic E-state index is 12.7. The van der Waals surface area contributed by atoms with E-state index in [-0.39, 0.29) is 11.4 Å². The Hall–Kier alpha value is -2.17. The molecular weight excluding hydrogens is 211 g/mol. The zero-order valence-electron chi connectivity index (χ0n) is 8.53. The summed E-state index contributed by atoms with van der Waals surface area (Å²) >= 11 is 0. The van der Waals surface area contributed by atoms with E-state index in [0.29, 0.717) is 17.7 Å². The normalized spacial score (nSPS) is 10.4. The van der Waals surface area contributed by atoms with Gasteiger partial charge in [-0.3, -0.25) is 14.7 Å². The molecule has 0 saturated carbocycles. The van der Waals surface area contributed by atoms with Crippen molar-refractivity contribution in [2.45, 2.75) is 6.92 Å². The van der Waals surface area contributed by atoms with Gasteiger partial charge in [0.05, 0.1) is 5.69 Å². The second-order valence-corrected chi connectivity index (χ2v) is 3.39. The number of carbonyl (C=O) groups excluding carboxylic acids is 1. The fourth-order valence-corrected chi connectivity index (χ4v) is 1.47. The Morgan fingerprint density at radius 2 is 1.94 bits per heavy atom. The number of aromatic nitrogens is 2. The van der Waals surface area contributed by atoms with Crippen molar-refractivity contribution in [2.75, 3.05) is 0 Å². The van der Waals surface area contributed by atoms with Crippen LogP contribution < -0.4 is 5.56 Å². The van der Waals surface area contributed by atoms with Crippen molar-refractivity contribution in [3.63, 3.8) is 0 Å². The third-order valence-corrected chi connectivity index (χ3v) is 2.32. The molecule has 0 bridgehead atoms. The zero-order valence-corrected chi connectivity index (χ0v) is 8.53. The molecule has 1 N–H and O–H groups in total. The van der Waals surface area contributed by atoms with E-state index in [9.17, 15) is 14.0 Å². The van der Waals surface area contributed by atoms with Crippen molar-refractivity contribution < 1.29 is 9.18 Å². The first-order valence-electron chi connectivity index (χ1n) is 4.66. The smallest absolute Gasteiger partial charge is 0.282 e. The number of rotatable bonds is 2. The summed E-state index contributed by atoms with van der Waals surface area (Å²) in [7, 11) is 0. The summed E-state index contributed by atoms with van der Waals surface area (Å²) in [6.45, 7) is 1.63. The summed E-state index contributed by atoms with van der Waals surface area (Å²) in [6.07, 6.45) is 0.508. The average molecular weight is 220 g/mol. The first-order valence-corrected chi connectivity index (χ1v) is 4.66. The molecule has 2 rings (SSSR count). The van der Waals surface area contributed by atoms with Crippen LogP contribution in [0.2, 0.25) is 0 Å². The summed E-state index contributed by atoms with van der Waals surface area (Å²) in [5, 5.41) is 2.75. The fraction of sp³-hybridized carbons (Fsp3) is 0.0909. The van der Waals surface area contributed by atoms with Gasteiger partial charge in [0.2, 0.25) is 0 Å². The summed E-state index contributed by atoms with van der Waals surface area (Å²) in [6, 6.07) is 5.42. The minimum atomic E-state index is -0.431. The quantitative estimate of drug-likeness (QED) is 0.778. The molecule has 0 amide bonds. The second-order valence-electron chi connectivity index (χ2n) is 3.39. The van der Waals surface area contributed by atoms with E-state index in [1.807, 2.05) is 0 Å². The van der Waals surface area contributed by atoms with Gasteiger partial charge in [0.15, 0.2) is 6.29 Å². The highest BCUT2D eigenvalue weighted by Gasteiger charge is 2.10. The molecule has 1 aromatic heterocycles. The summed E-state index contributed by atoms with van der Waals surface area (Å²) in [5.74, 6) is -0.379. The molecule has 1 heterocycles. The molecule has 16 heavy (non-hydrogen) atoms. The van der Waals surface area contributed by atoms with Gasteiger partial charge in [-0.15, -0.1) is 0 Å². The maximum Gasteiger partial charge on any atom is 0.282 e. The summed E-state index contributed by atoms with van der Waals surface area (Å²) in [4.78, 5) is 22.4. The predicted molar refractivity (Wildman–Crippen MR) is 56.5 cm³/mol. The van der Waals surface area contributed by atoms with Crippen molar-refractivity contribution in [1.29, 1.82) is 0 Å². The summed E-state index contributed by atoms with van der Waals surface area (Å²) < 4.78 is 13.9. The minimum Gasteiger partial charge on any atom is -0.298 e. The Kier molecular flexibility index (Phi) is 2.44. The van der Waals surface area contributed by atoms with E-state index in [1.165, 1.54) is 28.9 Å². The topological polar surface area (TPSA) is 54.9 Å². The number of halogens is 1. The maximum absolute atomic E-state index is 12.7. The van der Waals surface area contributed by atoms with Gasteiger partial charge in [0.25, 0.3) is 5.56 Å². The van der Waals surface area contributed by atoms with Crippen LogP contribution in [-0.2, 0) is 0 Å². The molecule has 82 valence electrons. The number of aryl methyl sites for hydroxylation is 1. The number of hydrogen-bond donors (Lipinski definition) is 1. The molecule has 1 aromatic carbocycles. The standard InChI is InChI=1S/C11H9FN2O2/c1-7-10(6-15)11(16)14(13-7)9-4-2-8(12)3-5-9/h2-6,13H,1H3. The molecule has 0 aliphatic carbocycles. The lowest BCUT2D eigenvalue weighted by Gasteiger charge is -2.00. The number of aldehydes is 1. The van der Waals surface area contributed by atoms with Gasteiger partial charge >= 0.3 is 0 Å². The van der Waals surface area contributed by atoms with Crippen LogP contribution in [0.25, 0.3) is 5.69 Å². The second kappa shape index (κ2) is 3.77. The molecule has 4 nitrogen and oxygen atoms in total. The number of H-pyrrole nitrogens is 1. The van der Waals surface area contributed by atoms with Crippen molar-refractivity contribution in [1.82, 2.24) is 9.78 Å². The molecular formula is C11H9FN2O2. The van der Waals surface area contributed by atoms with Gasteiger partial charge in [0.1, 0.15) is 11.4 Å². The van der Waals surface area contributed by atoms with Gasteiger partial charge < -0.3 is 0 Å². The van der Waals surface area contributed by atoms with Crippen LogP contribution in [0, 0.1) is 12.7 Å². The Morgan fingerprint density at radius 3 is 2.44 bits per heavy atom. The molecule has 0 spiro atoms. The first-order chi connectivity index (χ1) is 7.63. The molecule has 0 saturated heterocycles. The number of nitrogens with one attached hydrogen (secondary N) is 1. The average Bonchev–Trinajstić information content (AvgIpc) is 2.55. The number of carbonyl (C=O) groups is 1. The lowest BCUT2D eigenvalue weighted by atomic mass is 10.3. The highest BCUT2D eigenvalue weighted by atomic mass is 19.1. The molecule has 5 heteroatoms. The van der Waals surface area contributed by atoms with Crippen molar-refractivity contribution in [2.24, 2.45) is 0 Å². The first kappa shape index (κ1) is 10.4. The van der Waals surface area contributed by atoms with E-state index in [0.717, 1.165) is 0 Å². The van der Waals surface area contributed by atoms with Crippen LogP contribution in [-0.4, -0.2) is 16.1 Å². The Labute approximate surface area is 90.3 Å². The van der Waals surface area contributed by atoms with Gasteiger partial charge in [-0.25, -0.2) is 9.07 Å². The molecule has 0 fully saturated rings. The molecule has 0 aliphatic heterocycles. The SMILES string of the molecule is Cc1[nH]n(-c2ccc(F)cc2)c(=O)c1C=O. The van der Waals surface area contributed by atoms with E-state index >= 15 is 0 Å². The Balaban J connectivity index is 2.61. The lowest BCUT2D eigenvalue weighted by molar-refractivity contribution is 0.112.